The number of fused-ring (bicyclic) bond motifs is 1. The minimum absolute atomic E-state index is 0.111. The molecule has 4 fully saturated rings. The first-order valence-corrected chi connectivity index (χ1v) is 11.0. The van der Waals surface area contributed by atoms with E-state index in [9.17, 15) is 4.79 Å². The summed E-state index contributed by atoms with van der Waals surface area (Å²) in [6.07, 6.45) is 10.4. The molecule has 1 aliphatic carbocycles. The van der Waals surface area contributed by atoms with Crippen LogP contribution in [0.1, 0.15) is 58.3 Å². The third-order valence-corrected chi connectivity index (χ3v) is 7.70. The lowest BCUT2D eigenvalue weighted by molar-refractivity contribution is -0.121. The van der Waals surface area contributed by atoms with Crippen molar-refractivity contribution in [3.8, 4) is 0 Å². The van der Waals surface area contributed by atoms with Crippen LogP contribution in [0.15, 0.2) is 0 Å². The molecule has 1 spiro atoms. The summed E-state index contributed by atoms with van der Waals surface area (Å²) in [4.78, 5) is 17.2. The van der Waals surface area contributed by atoms with Crippen LogP contribution < -0.4 is 5.32 Å². The molecule has 1 amide bonds. The number of likely N-dealkylation sites (tertiary alicyclic amines) is 1. The molecule has 0 aromatic carbocycles. The number of rotatable bonds is 7. The zero-order valence-electron chi connectivity index (χ0n) is 16.7. The molecule has 2 bridgehead atoms. The first-order valence-electron chi connectivity index (χ1n) is 11.0. The maximum atomic E-state index is 12.2. The number of hydrogen-bond acceptors (Lipinski definition) is 4. The van der Waals surface area contributed by atoms with Gasteiger partial charge in [-0.25, -0.2) is 0 Å². The minimum atomic E-state index is 0.111. The summed E-state index contributed by atoms with van der Waals surface area (Å²) in [5.41, 5.74) is 0.111. The molecular formula is C21H37N3O2. The lowest BCUT2D eigenvalue weighted by Crippen LogP contribution is -2.42. The number of nitrogens with one attached hydrogen (secondary N) is 1. The summed E-state index contributed by atoms with van der Waals surface area (Å²) in [6.45, 7) is 7.11. The van der Waals surface area contributed by atoms with Gasteiger partial charge in [-0.15, -0.1) is 0 Å². The average Bonchev–Trinajstić information content (AvgIpc) is 3.33. The van der Waals surface area contributed by atoms with Gasteiger partial charge in [-0.2, -0.15) is 0 Å². The fourth-order valence-corrected chi connectivity index (χ4v) is 5.99. The molecule has 1 saturated carbocycles. The summed E-state index contributed by atoms with van der Waals surface area (Å²) in [6, 6.07) is 0.784. The highest BCUT2D eigenvalue weighted by Crippen LogP contribution is 2.55. The molecule has 148 valence electrons. The van der Waals surface area contributed by atoms with Crippen LogP contribution in [0.4, 0.5) is 0 Å². The number of ether oxygens (including phenoxy) is 1. The highest BCUT2D eigenvalue weighted by molar-refractivity contribution is 5.76. The van der Waals surface area contributed by atoms with Crippen LogP contribution >= 0.6 is 0 Å². The van der Waals surface area contributed by atoms with Gasteiger partial charge in [0.25, 0.3) is 0 Å². The van der Waals surface area contributed by atoms with Crippen molar-refractivity contribution in [3.63, 3.8) is 0 Å². The molecule has 0 aromatic heterocycles. The van der Waals surface area contributed by atoms with Crippen molar-refractivity contribution >= 4 is 5.91 Å². The number of carbonyl (C=O) groups excluding carboxylic acids is 1. The van der Waals surface area contributed by atoms with E-state index < -0.39 is 0 Å². The third kappa shape index (κ3) is 3.55. The fraction of sp³-hybridized carbons (Fsp3) is 0.952. The van der Waals surface area contributed by atoms with Crippen LogP contribution in [0.5, 0.6) is 0 Å². The van der Waals surface area contributed by atoms with Crippen molar-refractivity contribution < 1.29 is 9.53 Å². The topological polar surface area (TPSA) is 44.8 Å². The van der Waals surface area contributed by atoms with E-state index >= 15 is 0 Å². The molecule has 3 heterocycles. The quantitative estimate of drug-likeness (QED) is 0.754. The molecule has 5 nitrogen and oxygen atoms in total. The summed E-state index contributed by atoms with van der Waals surface area (Å²) < 4.78 is 6.56. The van der Waals surface area contributed by atoms with Crippen molar-refractivity contribution in [2.45, 2.75) is 76.0 Å². The van der Waals surface area contributed by atoms with Crippen LogP contribution in [0.2, 0.25) is 0 Å². The summed E-state index contributed by atoms with van der Waals surface area (Å²) in [7, 11) is 2.07. The molecule has 4 aliphatic rings. The van der Waals surface area contributed by atoms with Gasteiger partial charge in [0, 0.05) is 50.5 Å². The largest absolute Gasteiger partial charge is 0.370 e. The second-order valence-corrected chi connectivity index (χ2v) is 9.20. The molecule has 0 unspecified atom stereocenters. The Morgan fingerprint density at radius 2 is 2.08 bits per heavy atom. The van der Waals surface area contributed by atoms with Crippen molar-refractivity contribution in [1.29, 1.82) is 0 Å². The van der Waals surface area contributed by atoms with Gasteiger partial charge in [0.15, 0.2) is 0 Å². The Labute approximate surface area is 158 Å². The van der Waals surface area contributed by atoms with Crippen LogP contribution in [0.25, 0.3) is 0 Å². The second-order valence-electron chi connectivity index (χ2n) is 9.20. The van der Waals surface area contributed by atoms with Crippen LogP contribution in [-0.2, 0) is 9.53 Å². The van der Waals surface area contributed by atoms with Gasteiger partial charge in [0.05, 0.1) is 11.7 Å². The number of nitrogens with zero attached hydrogens (tertiary/aromatic N) is 2. The van der Waals surface area contributed by atoms with E-state index in [0.717, 1.165) is 32.2 Å². The Bertz CT molecular complexity index is 507. The van der Waals surface area contributed by atoms with Crippen LogP contribution in [0, 0.1) is 11.8 Å². The van der Waals surface area contributed by atoms with Gasteiger partial charge in [-0.05, 0) is 39.3 Å². The Morgan fingerprint density at radius 3 is 2.85 bits per heavy atom. The monoisotopic (exact) mass is 363 g/mol. The molecule has 4 atom stereocenters. The maximum absolute atomic E-state index is 12.2. The van der Waals surface area contributed by atoms with E-state index in [2.05, 4.69) is 29.1 Å². The lowest BCUT2D eigenvalue weighted by atomic mass is 9.73. The minimum Gasteiger partial charge on any atom is -0.370 e. The Kier molecular flexibility index (Phi) is 5.58. The molecule has 5 heteroatoms. The van der Waals surface area contributed by atoms with Gasteiger partial charge in [0.1, 0.15) is 0 Å². The van der Waals surface area contributed by atoms with Gasteiger partial charge in [0.2, 0.25) is 5.91 Å². The first-order chi connectivity index (χ1) is 12.6. The maximum Gasteiger partial charge on any atom is 0.221 e. The standard InChI is InChI=1S/C21H37N3O2/c1-3-23(2)12-10-20(25)22-13-17-18-14-24(16-7-5-4-6-8-16)15-21(18)11-9-19(17)26-21/h16-19H,3-15H2,1-2H3,(H,22,25)/t17-,18+,19+,21+/m0/s1. The number of amides is 1. The predicted molar refractivity (Wildman–Crippen MR) is 103 cm³/mol. The van der Waals surface area contributed by atoms with E-state index in [1.807, 2.05) is 0 Å². The smallest absolute Gasteiger partial charge is 0.221 e. The van der Waals surface area contributed by atoms with Crippen molar-refractivity contribution in [1.82, 2.24) is 15.1 Å². The zero-order valence-corrected chi connectivity index (χ0v) is 16.7. The Balaban J connectivity index is 1.31. The van der Waals surface area contributed by atoms with Crippen molar-refractivity contribution in [3.05, 3.63) is 0 Å². The highest BCUT2D eigenvalue weighted by Gasteiger charge is 2.63. The first kappa shape index (κ1) is 18.7. The Hall–Kier alpha value is -0.650. The summed E-state index contributed by atoms with van der Waals surface area (Å²) in [5, 5.41) is 3.23. The highest BCUT2D eigenvalue weighted by atomic mass is 16.5. The number of hydrogen-bond donors (Lipinski definition) is 1. The molecular weight excluding hydrogens is 326 g/mol. The molecule has 3 saturated heterocycles. The third-order valence-electron chi connectivity index (χ3n) is 7.70. The lowest BCUT2D eigenvalue weighted by Gasteiger charge is -2.32. The van der Waals surface area contributed by atoms with E-state index in [0.29, 0.717) is 24.4 Å². The molecule has 1 N–H and O–H groups in total. The molecule has 4 rings (SSSR count). The molecule has 3 aliphatic heterocycles. The Morgan fingerprint density at radius 1 is 1.27 bits per heavy atom. The molecule has 0 radical (unpaired) electrons. The summed E-state index contributed by atoms with van der Waals surface area (Å²) >= 11 is 0. The van der Waals surface area contributed by atoms with Crippen molar-refractivity contribution in [2.75, 3.05) is 39.8 Å². The van der Waals surface area contributed by atoms with E-state index in [1.165, 1.54) is 51.5 Å². The zero-order chi connectivity index (χ0) is 18.1. The SMILES string of the molecule is CCN(C)CCC(=O)NC[C@H]1[C@H]2CN(C3CCCCC3)C[C@]23CC[C@H]1O3. The van der Waals surface area contributed by atoms with E-state index in [-0.39, 0.29) is 11.5 Å². The second kappa shape index (κ2) is 7.76. The number of carbonyl (C=O) groups is 1. The molecule has 26 heavy (non-hydrogen) atoms. The predicted octanol–water partition coefficient (Wildman–Crippen LogP) is 2.26. The van der Waals surface area contributed by atoms with Gasteiger partial charge < -0.3 is 15.0 Å². The summed E-state index contributed by atoms with van der Waals surface area (Å²) in [5.74, 6) is 1.34. The normalized spacial score (nSPS) is 37.4. The average molecular weight is 364 g/mol. The van der Waals surface area contributed by atoms with Crippen molar-refractivity contribution in [2.24, 2.45) is 11.8 Å². The van der Waals surface area contributed by atoms with E-state index in [1.54, 1.807) is 0 Å². The fourth-order valence-electron chi connectivity index (χ4n) is 5.99. The molecule has 0 aromatic rings. The van der Waals surface area contributed by atoms with Gasteiger partial charge >= 0.3 is 0 Å². The van der Waals surface area contributed by atoms with Gasteiger partial charge in [-0.3, -0.25) is 9.69 Å². The van der Waals surface area contributed by atoms with Crippen LogP contribution in [0.3, 0.4) is 0 Å². The van der Waals surface area contributed by atoms with E-state index in [4.69, 9.17) is 4.74 Å². The van der Waals surface area contributed by atoms with Gasteiger partial charge in [-0.1, -0.05) is 26.2 Å². The van der Waals surface area contributed by atoms with Crippen LogP contribution in [-0.4, -0.2) is 73.2 Å².